The molecule has 0 aliphatic heterocycles. The Morgan fingerprint density at radius 1 is 1.38 bits per heavy atom. The summed E-state index contributed by atoms with van der Waals surface area (Å²) in [6, 6.07) is 7.76. The first-order valence-corrected chi connectivity index (χ1v) is 5.49. The summed E-state index contributed by atoms with van der Waals surface area (Å²) in [5, 5.41) is 4.63. The van der Waals surface area contributed by atoms with Gasteiger partial charge in [-0.3, -0.25) is 0 Å². The molecule has 0 spiro atoms. The Hall–Kier alpha value is -1.55. The summed E-state index contributed by atoms with van der Waals surface area (Å²) in [6.07, 6.45) is 2.45. The van der Waals surface area contributed by atoms with Gasteiger partial charge in [-0.2, -0.15) is 10.1 Å². The van der Waals surface area contributed by atoms with Crippen molar-refractivity contribution in [2.75, 3.05) is 0 Å². The fraction of sp³-hybridized carbons (Fsp3) is 0.273. The molecule has 0 saturated carbocycles. The van der Waals surface area contributed by atoms with E-state index in [1.807, 2.05) is 12.1 Å². The summed E-state index contributed by atoms with van der Waals surface area (Å²) >= 11 is 5.99. The fourth-order valence-electron chi connectivity index (χ4n) is 1.32. The van der Waals surface area contributed by atoms with Gasteiger partial charge in [-0.1, -0.05) is 30.7 Å². The number of ether oxygens (including phenoxy) is 1. The number of hydrogen-bond donors (Lipinski definition) is 0. The molecule has 1 aromatic heterocycles. The van der Waals surface area contributed by atoms with Crippen molar-refractivity contribution in [1.82, 2.24) is 14.8 Å². The minimum atomic E-state index is 0.468. The van der Waals surface area contributed by atoms with Gasteiger partial charge in [0.25, 0.3) is 0 Å². The van der Waals surface area contributed by atoms with Crippen molar-refractivity contribution in [2.45, 2.75) is 19.9 Å². The number of aryl methyl sites for hydroxylation is 1. The molecule has 2 aromatic rings. The summed E-state index contributed by atoms with van der Waals surface area (Å²) in [7, 11) is 0. The molecule has 0 fully saturated rings. The van der Waals surface area contributed by atoms with Crippen molar-refractivity contribution in [1.29, 1.82) is 0 Å². The molecule has 0 saturated heterocycles. The molecule has 1 aromatic carbocycles. The van der Waals surface area contributed by atoms with Crippen LogP contribution in [0.2, 0.25) is 5.02 Å². The highest BCUT2D eigenvalue weighted by Gasteiger charge is 2.08. The molecule has 0 aliphatic rings. The highest BCUT2D eigenvalue weighted by molar-refractivity contribution is 6.32. The second-order valence-electron chi connectivity index (χ2n) is 3.30. The van der Waals surface area contributed by atoms with Crippen LogP contribution in [0.15, 0.2) is 30.6 Å². The highest BCUT2D eigenvalue weighted by Crippen LogP contribution is 2.27. The molecule has 0 aliphatic carbocycles. The van der Waals surface area contributed by atoms with Crippen LogP contribution in [0.1, 0.15) is 13.3 Å². The zero-order chi connectivity index (χ0) is 11.4. The molecule has 0 unspecified atom stereocenters. The maximum absolute atomic E-state index is 5.99. The third-order valence-electron chi connectivity index (χ3n) is 2.05. The molecule has 0 bridgehead atoms. The van der Waals surface area contributed by atoms with Crippen LogP contribution < -0.4 is 4.74 Å². The third-order valence-corrected chi connectivity index (χ3v) is 2.37. The van der Waals surface area contributed by atoms with Crippen molar-refractivity contribution in [2.24, 2.45) is 0 Å². The second-order valence-corrected chi connectivity index (χ2v) is 3.71. The molecular formula is C11H12ClN3O. The van der Waals surface area contributed by atoms with E-state index >= 15 is 0 Å². The van der Waals surface area contributed by atoms with Crippen molar-refractivity contribution >= 4 is 11.6 Å². The molecule has 0 atom stereocenters. The average molecular weight is 238 g/mol. The van der Waals surface area contributed by atoms with Crippen LogP contribution in [0.5, 0.6) is 11.8 Å². The normalized spacial score (nSPS) is 10.4. The van der Waals surface area contributed by atoms with Crippen LogP contribution in [0.25, 0.3) is 0 Å². The third kappa shape index (κ3) is 2.33. The van der Waals surface area contributed by atoms with Crippen molar-refractivity contribution in [3.8, 4) is 11.8 Å². The Balaban J connectivity index is 2.20. The van der Waals surface area contributed by atoms with Gasteiger partial charge in [0.15, 0.2) is 0 Å². The SMILES string of the molecule is CCCn1ncnc1Oc1ccccc1Cl. The Morgan fingerprint density at radius 2 is 2.19 bits per heavy atom. The van der Waals surface area contributed by atoms with Crippen LogP contribution >= 0.6 is 11.6 Å². The van der Waals surface area contributed by atoms with Crippen LogP contribution in [0.4, 0.5) is 0 Å². The molecule has 0 N–H and O–H groups in total. The number of aromatic nitrogens is 3. The van der Waals surface area contributed by atoms with E-state index < -0.39 is 0 Å². The molecule has 16 heavy (non-hydrogen) atoms. The summed E-state index contributed by atoms with van der Waals surface area (Å²) in [4.78, 5) is 4.04. The van der Waals surface area contributed by atoms with E-state index in [-0.39, 0.29) is 0 Å². The van der Waals surface area contributed by atoms with Crippen LogP contribution in [0.3, 0.4) is 0 Å². The molecule has 0 radical (unpaired) electrons. The minimum absolute atomic E-state index is 0.468. The van der Waals surface area contributed by atoms with Gasteiger partial charge in [0.1, 0.15) is 12.1 Å². The Kier molecular flexibility index (Phi) is 3.41. The number of benzene rings is 1. The fourth-order valence-corrected chi connectivity index (χ4v) is 1.50. The van der Waals surface area contributed by atoms with E-state index in [2.05, 4.69) is 17.0 Å². The average Bonchev–Trinajstić information content (AvgIpc) is 2.70. The lowest BCUT2D eigenvalue weighted by atomic mass is 10.3. The van der Waals surface area contributed by atoms with Gasteiger partial charge < -0.3 is 4.74 Å². The van der Waals surface area contributed by atoms with Gasteiger partial charge in [-0.25, -0.2) is 4.68 Å². The first-order valence-electron chi connectivity index (χ1n) is 5.11. The van der Waals surface area contributed by atoms with Gasteiger partial charge in [0, 0.05) is 6.54 Å². The molecule has 1 heterocycles. The molecular weight excluding hydrogens is 226 g/mol. The quantitative estimate of drug-likeness (QED) is 0.820. The molecule has 0 amide bonds. The largest absolute Gasteiger partial charge is 0.423 e. The number of halogens is 1. The van der Waals surface area contributed by atoms with E-state index in [9.17, 15) is 0 Å². The number of para-hydroxylation sites is 1. The smallest absolute Gasteiger partial charge is 0.320 e. The summed E-state index contributed by atoms with van der Waals surface area (Å²) in [5.41, 5.74) is 0. The first kappa shape index (κ1) is 11.0. The predicted octanol–water partition coefficient (Wildman–Crippen LogP) is 3.13. The lowest BCUT2D eigenvalue weighted by Crippen LogP contribution is -2.02. The molecule has 4 nitrogen and oxygen atoms in total. The molecule has 84 valence electrons. The maximum Gasteiger partial charge on any atom is 0.320 e. The molecule has 5 heteroatoms. The van der Waals surface area contributed by atoms with Crippen LogP contribution in [-0.4, -0.2) is 14.8 Å². The number of nitrogens with zero attached hydrogens (tertiary/aromatic N) is 3. The van der Waals surface area contributed by atoms with Gasteiger partial charge in [0.2, 0.25) is 0 Å². The predicted molar refractivity (Wildman–Crippen MR) is 61.8 cm³/mol. The van der Waals surface area contributed by atoms with Gasteiger partial charge in [-0.15, -0.1) is 0 Å². The lowest BCUT2D eigenvalue weighted by Gasteiger charge is -2.07. The first-order chi connectivity index (χ1) is 7.81. The van der Waals surface area contributed by atoms with E-state index in [0.29, 0.717) is 16.8 Å². The summed E-state index contributed by atoms with van der Waals surface area (Å²) in [6.45, 7) is 2.85. The Bertz CT molecular complexity index is 470. The Morgan fingerprint density at radius 3 is 2.94 bits per heavy atom. The van der Waals surface area contributed by atoms with E-state index in [4.69, 9.17) is 16.3 Å². The second kappa shape index (κ2) is 4.99. The maximum atomic E-state index is 5.99. The topological polar surface area (TPSA) is 39.9 Å². The van der Waals surface area contributed by atoms with E-state index in [1.54, 1.807) is 16.8 Å². The number of hydrogen-bond acceptors (Lipinski definition) is 3. The van der Waals surface area contributed by atoms with Crippen LogP contribution in [-0.2, 0) is 6.54 Å². The standard InChI is InChI=1S/C11H12ClN3O/c1-2-7-15-11(13-8-14-15)16-10-6-4-3-5-9(10)12/h3-6,8H,2,7H2,1H3. The minimum Gasteiger partial charge on any atom is -0.423 e. The van der Waals surface area contributed by atoms with Crippen molar-refractivity contribution in [3.05, 3.63) is 35.6 Å². The van der Waals surface area contributed by atoms with E-state index in [0.717, 1.165) is 13.0 Å². The van der Waals surface area contributed by atoms with Crippen LogP contribution in [0, 0.1) is 0 Å². The summed E-state index contributed by atoms with van der Waals surface area (Å²) < 4.78 is 7.30. The van der Waals surface area contributed by atoms with E-state index in [1.165, 1.54) is 6.33 Å². The monoisotopic (exact) mass is 237 g/mol. The van der Waals surface area contributed by atoms with Gasteiger partial charge >= 0.3 is 6.01 Å². The van der Waals surface area contributed by atoms with Crippen molar-refractivity contribution < 1.29 is 4.74 Å². The Labute approximate surface area is 98.8 Å². The summed E-state index contributed by atoms with van der Waals surface area (Å²) in [5.74, 6) is 0.592. The molecule has 2 rings (SSSR count). The number of rotatable bonds is 4. The van der Waals surface area contributed by atoms with Crippen molar-refractivity contribution in [3.63, 3.8) is 0 Å². The lowest BCUT2D eigenvalue weighted by molar-refractivity contribution is 0.395. The zero-order valence-corrected chi connectivity index (χ0v) is 9.68. The van der Waals surface area contributed by atoms with Gasteiger partial charge in [-0.05, 0) is 18.6 Å². The van der Waals surface area contributed by atoms with Gasteiger partial charge in [0.05, 0.1) is 5.02 Å². The highest BCUT2D eigenvalue weighted by atomic mass is 35.5. The zero-order valence-electron chi connectivity index (χ0n) is 8.93.